The van der Waals surface area contributed by atoms with Gasteiger partial charge in [0.05, 0.1) is 17.6 Å². The standard InChI is InChI=1S/C20H23N5O2/c1-3-27-20(26)15-12-21-13(2)22-19(15)25-10-8-14(9-11-25)18-23-16-6-4-5-7-17(16)24-18/h4-7,12,14H,3,8-11H2,1-2H3,(H,23,24). The number of benzene rings is 1. The van der Waals surface area contributed by atoms with Crippen LogP contribution in [0.25, 0.3) is 11.0 Å². The summed E-state index contributed by atoms with van der Waals surface area (Å²) in [6.45, 7) is 5.58. The van der Waals surface area contributed by atoms with E-state index < -0.39 is 0 Å². The van der Waals surface area contributed by atoms with E-state index in [1.165, 1.54) is 0 Å². The number of H-pyrrole nitrogens is 1. The number of aryl methyl sites for hydroxylation is 1. The fourth-order valence-corrected chi connectivity index (χ4v) is 3.58. The number of nitrogens with one attached hydrogen (secondary N) is 1. The molecule has 2 aromatic heterocycles. The number of fused-ring (bicyclic) bond motifs is 1. The molecule has 1 aliphatic heterocycles. The molecule has 0 radical (unpaired) electrons. The number of nitrogens with zero attached hydrogens (tertiary/aromatic N) is 4. The summed E-state index contributed by atoms with van der Waals surface area (Å²) in [7, 11) is 0. The maximum Gasteiger partial charge on any atom is 0.343 e. The highest BCUT2D eigenvalue weighted by Crippen LogP contribution is 2.30. The second kappa shape index (κ2) is 7.34. The van der Waals surface area contributed by atoms with Gasteiger partial charge in [0.15, 0.2) is 0 Å². The van der Waals surface area contributed by atoms with Crippen molar-refractivity contribution >= 4 is 22.8 Å². The molecule has 0 atom stereocenters. The van der Waals surface area contributed by atoms with Crippen molar-refractivity contribution in [2.45, 2.75) is 32.6 Å². The Hall–Kier alpha value is -2.96. The van der Waals surface area contributed by atoms with Gasteiger partial charge in [-0.3, -0.25) is 0 Å². The minimum atomic E-state index is -0.369. The molecule has 0 spiro atoms. The van der Waals surface area contributed by atoms with Gasteiger partial charge in [-0.1, -0.05) is 12.1 Å². The number of hydrogen-bond acceptors (Lipinski definition) is 6. The molecule has 7 heteroatoms. The highest BCUT2D eigenvalue weighted by molar-refractivity contribution is 5.94. The van der Waals surface area contributed by atoms with Crippen molar-refractivity contribution in [2.75, 3.05) is 24.6 Å². The molecule has 4 rings (SSSR count). The van der Waals surface area contributed by atoms with E-state index in [2.05, 4.69) is 25.9 Å². The van der Waals surface area contributed by atoms with Crippen molar-refractivity contribution in [3.8, 4) is 0 Å². The second-order valence-corrected chi connectivity index (χ2v) is 6.78. The number of carbonyl (C=O) groups excluding carboxylic acids is 1. The Balaban J connectivity index is 1.52. The largest absolute Gasteiger partial charge is 0.462 e. The lowest BCUT2D eigenvalue weighted by atomic mass is 9.96. The third-order valence-electron chi connectivity index (χ3n) is 4.97. The number of anilines is 1. The molecule has 3 heterocycles. The molecule has 1 aromatic carbocycles. The lowest BCUT2D eigenvalue weighted by Gasteiger charge is -2.32. The van der Waals surface area contributed by atoms with Crippen molar-refractivity contribution in [3.63, 3.8) is 0 Å². The summed E-state index contributed by atoms with van der Waals surface area (Å²) in [5.41, 5.74) is 2.52. The van der Waals surface area contributed by atoms with Gasteiger partial charge in [0, 0.05) is 25.2 Å². The van der Waals surface area contributed by atoms with Crippen molar-refractivity contribution in [3.05, 3.63) is 47.7 Å². The Labute approximate surface area is 157 Å². The quantitative estimate of drug-likeness (QED) is 0.715. The highest BCUT2D eigenvalue weighted by atomic mass is 16.5. The van der Waals surface area contributed by atoms with Gasteiger partial charge < -0.3 is 14.6 Å². The molecule has 1 fully saturated rings. The first kappa shape index (κ1) is 17.5. The third kappa shape index (κ3) is 3.49. The number of imidazole rings is 1. The number of aromatic amines is 1. The Kier molecular flexibility index (Phi) is 4.75. The van der Waals surface area contributed by atoms with Crippen LogP contribution in [0.15, 0.2) is 30.5 Å². The predicted octanol–water partition coefficient (Wildman–Crippen LogP) is 3.22. The zero-order valence-corrected chi connectivity index (χ0v) is 15.6. The summed E-state index contributed by atoms with van der Waals surface area (Å²) >= 11 is 0. The van der Waals surface area contributed by atoms with Gasteiger partial charge in [-0.25, -0.2) is 19.7 Å². The molecule has 1 aliphatic rings. The maximum absolute atomic E-state index is 12.3. The van der Waals surface area contributed by atoms with Gasteiger partial charge in [-0.05, 0) is 38.8 Å². The van der Waals surface area contributed by atoms with Gasteiger partial charge in [-0.2, -0.15) is 0 Å². The average Bonchev–Trinajstić information content (AvgIpc) is 3.12. The summed E-state index contributed by atoms with van der Waals surface area (Å²) < 4.78 is 5.16. The molecule has 0 amide bonds. The summed E-state index contributed by atoms with van der Waals surface area (Å²) in [6, 6.07) is 8.10. The van der Waals surface area contributed by atoms with E-state index in [4.69, 9.17) is 9.72 Å². The van der Waals surface area contributed by atoms with E-state index in [9.17, 15) is 4.79 Å². The normalized spacial score (nSPS) is 15.3. The lowest BCUT2D eigenvalue weighted by Crippen LogP contribution is -2.35. The Morgan fingerprint density at radius 1 is 1.26 bits per heavy atom. The number of aromatic nitrogens is 4. The Morgan fingerprint density at radius 3 is 2.78 bits per heavy atom. The fourth-order valence-electron chi connectivity index (χ4n) is 3.58. The lowest BCUT2D eigenvalue weighted by molar-refractivity contribution is 0.0526. The molecule has 3 aromatic rings. The molecular weight excluding hydrogens is 342 g/mol. The molecular formula is C20H23N5O2. The minimum absolute atomic E-state index is 0.334. The van der Waals surface area contributed by atoms with Gasteiger partial charge in [-0.15, -0.1) is 0 Å². The molecule has 0 unspecified atom stereocenters. The van der Waals surface area contributed by atoms with E-state index >= 15 is 0 Å². The van der Waals surface area contributed by atoms with Crippen LogP contribution in [0.5, 0.6) is 0 Å². The molecule has 1 saturated heterocycles. The van der Waals surface area contributed by atoms with Crippen LogP contribution in [0.3, 0.4) is 0 Å². The zero-order chi connectivity index (χ0) is 18.8. The van der Waals surface area contributed by atoms with Crippen LogP contribution in [-0.2, 0) is 4.74 Å². The summed E-state index contributed by atoms with van der Waals surface area (Å²) in [5.74, 6) is 2.37. The zero-order valence-electron chi connectivity index (χ0n) is 15.6. The van der Waals surface area contributed by atoms with Crippen LogP contribution in [0.1, 0.15) is 47.7 Å². The van der Waals surface area contributed by atoms with Crippen molar-refractivity contribution in [2.24, 2.45) is 0 Å². The molecule has 7 nitrogen and oxygen atoms in total. The van der Waals surface area contributed by atoms with E-state index in [0.29, 0.717) is 29.7 Å². The second-order valence-electron chi connectivity index (χ2n) is 6.78. The first-order valence-corrected chi connectivity index (χ1v) is 9.36. The first-order valence-electron chi connectivity index (χ1n) is 9.36. The minimum Gasteiger partial charge on any atom is -0.462 e. The smallest absolute Gasteiger partial charge is 0.343 e. The van der Waals surface area contributed by atoms with Crippen molar-refractivity contribution in [1.29, 1.82) is 0 Å². The van der Waals surface area contributed by atoms with Gasteiger partial charge in [0.2, 0.25) is 0 Å². The molecule has 27 heavy (non-hydrogen) atoms. The number of para-hydroxylation sites is 2. The third-order valence-corrected chi connectivity index (χ3v) is 4.97. The number of rotatable bonds is 4. The van der Waals surface area contributed by atoms with Crippen LogP contribution in [0.2, 0.25) is 0 Å². The number of carbonyl (C=O) groups is 1. The summed E-state index contributed by atoms with van der Waals surface area (Å²) in [4.78, 5) is 31.3. The van der Waals surface area contributed by atoms with Gasteiger partial charge in [0.1, 0.15) is 23.0 Å². The van der Waals surface area contributed by atoms with Crippen molar-refractivity contribution in [1.82, 2.24) is 19.9 Å². The van der Waals surface area contributed by atoms with Crippen LogP contribution in [-0.4, -0.2) is 45.6 Å². The Bertz CT molecular complexity index is 927. The molecule has 0 aliphatic carbocycles. The molecule has 0 saturated carbocycles. The molecule has 1 N–H and O–H groups in total. The summed E-state index contributed by atoms with van der Waals surface area (Å²) in [6.07, 6.45) is 3.47. The number of esters is 1. The molecule has 0 bridgehead atoms. The number of hydrogen-bond donors (Lipinski definition) is 1. The highest BCUT2D eigenvalue weighted by Gasteiger charge is 2.27. The van der Waals surface area contributed by atoms with E-state index in [-0.39, 0.29) is 5.97 Å². The van der Waals surface area contributed by atoms with E-state index in [1.54, 1.807) is 13.1 Å². The van der Waals surface area contributed by atoms with Gasteiger partial charge >= 0.3 is 5.97 Å². The Morgan fingerprint density at radius 2 is 2.04 bits per heavy atom. The number of ether oxygens (including phenoxy) is 1. The van der Waals surface area contributed by atoms with Crippen LogP contribution >= 0.6 is 0 Å². The van der Waals surface area contributed by atoms with Crippen LogP contribution in [0.4, 0.5) is 5.82 Å². The predicted molar refractivity (Wildman–Crippen MR) is 103 cm³/mol. The monoisotopic (exact) mass is 365 g/mol. The van der Waals surface area contributed by atoms with E-state index in [1.807, 2.05) is 25.1 Å². The van der Waals surface area contributed by atoms with E-state index in [0.717, 1.165) is 42.8 Å². The summed E-state index contributed by atoms with van der Waals surface area (Å²) in [5, 5.41) is 0. The average molecular weight is 365 g/mol. The first-order chi connectivity index (χ1) is 13.2. The fraction of sp³-hybridized carbons (Fsp3) is 0.400. The SMILES string of the molecule is CCOC(=O)c1cnc(C)nc1N1CCC(c2nc3ccccc3[nH]2)CC1. The maximum atomic E-state index is 12.3. The topological polar surface area (TPSA) is 84.0 Å². The number of piperidine rings is 1. The van der Waals surface area contributed by atoms with Crippen LogP contribution < -0.4 is 4.90 Å². The van der Waals surface area contributed by atoms with Crippen molar-refractivity contribution < 1.29 is 9.53 Å². The van der Waals surface area contributed by atoms with Gasteiger partial charge in [0.25, 0.3) is 0 Å². The molecule has 140 valence electrons. The van der Waals surface area contributed by atoms with Crippen LogP contribution in [0, 0.1) is 6.92 Å².